The van der Waals surface area contributed by atoms with E-state index in [4.69, 9.17) is 4.74 Å². The molecule has 2 fully saturated rings. The van der Waals surface area contributed by atoms with Crippen LogP contribution in [0.15, 0.2) is 36.7 Å². The number of carbonyl (C=O) groups excluding carboxylic acids is 2. The number of aromatic nitrogens is 4. The van der Waals surface area contributed by atoms with Crippen LogP contribution in [0.4, 0.5) is 23.8 Å². The van der Waals surface area contributed by atoms with Crippen LogP contribution >= 0.6 is 11.3 Å². The second-order valence-corrected chi connectivity index (χ2v) is 13.0. The molecule has 2 aliphatic rings. The third-order valence-corrected chi connectivity index (χ3v) is 8.58. The number of hydrogen-bond donors (Lipinski definition) is 1. The van der Waals surface area contributed by atoms with Crippen molar-refractivity contribution in [3.05, 3.63) is 53.0 Å². The number of ketones is 1. The number of ether oxygens (including phenoxy) is 1. The zero-order valence-corrected chi connectivity index (χ0v) is 24.5. The molecule has 9 nitrogen and oxygen atoms in total. The van der Waals surface area contributed by atoms with Gasteiger partial charge < -0.3 is 10.1 Å². The van der Waals surface area contributed by atoms with Crippen LogP contribution in [0.25, 0.3) is 10.7 Å². The molecule has 42 heavy (non-hydrogen) atoms. The van der Waals surface area contributed by atoms with Gasteiger partial charge in [0.1, 0.15) is 27.9 Å². The maximum absolute atomic E-state index is 14.4. The van der Waals surface area contributed by atoms with Gasteiger partial charge in [-0.3, -0.25) is 14.7 Å². The Hall–Kier alpha value is -3.61. The van der Waals surface area contributed by atoms with Crippen molar-refractivity contribution < 1.29 is 27.5 Å². The summed E-state index contributed by atoms with van der Waals surface area (Å²) in [7, 11) is 0. The SMILES string of the molecule is CC(C)(C)OC(=O)N1CC(F)(F)CC1C(=O)CCc1cnc(-c2ccc(NCC3(c4ncccc4F)CCC3)nn2)s1. The first-order chi connectivity index (χ1) is 19.8. The monoisotopic (exact) mass is 602 g/mol. The maximum atomic E-state index is 14.4. The molecule has 5 rings (SSSR count). The van der Waals surface area contributed by atoms with Gasteiger partial charge in [-0.1, -0.05) is 6.42 Å². The lowest BCUT2D eigenvalue weighted by Crippen LogP contribution is -2.43. The topological polar surface area (TPSA) is 110 Å². The maximum Gasteiger partial charge on any atom is 0.411 e. The number of hydrogen-bond acceptors (Lipinski definition) is 9. The second kappa shape index (κ2) is 11.6. The summed E-state index contributed by atoms with van der Waals surface area (Å²) >= 11 is 1.33. The molecule has 4 heterocycles. The number of Topliss-reactive ketones (excluding diaryl/α,β-unsaturated/α-hetero) is 1. The molecule has 0 aromatic carbocycles. The summed E-state index contributed by atoms with van der Waals surface area (Å²) in [4.78, 5) is 35.7. The number of amides is 1. The minimum atomic E-state index is -3.15. The van der Waals surface area contributed by atoms with E-state index >= 15 is 0 Å². The predicted molar refractivity (Wildman–Crippen MR) is 151 cm³/mol. The van der Waals surface area contributed by atoms with E-state index in [-0.39, 0.29) is 17.7 Å². The van der Waals surface area contributed by atoms with Gasteiger partial charge >= 0.3 is 6.09 Å². The van der Waals surface area contributed by atoms with Gasteiger partial charge in [-0.05, 0) is 64.3 Å². The number of nitrogens with one attached hydrogen (secondary N) is 1. The first kappa shape index (κ1) is 29.9. The molecule has 0 bridgehead atoms. The third-order valence-electron chi connectivity index (χ3n) is 7.50. The number of nitrogens with zero attached hydrogens (tertiary/aromatic N) is 5. The van der Waals surface area contributed by atoms with E-state index in [1.165, 1.54) is 17.4 Å². The molecular formula is C29H33F3N6O3S. The van der Waals surface area contributed by atoms with Gasteiger partial charge in [0.05, 0.1) is 18.3 Å². The van der Waals surface area contributed by atoms with Gasteiger partial charge in [0.15, 0.2) is 5.78 Å². The molecule has 1 saturated heterocycles. The largest absolute Gasteiger partial charge is 0.444 e. The quantitative estimate of drug-likeness (QED) is 0.327. The smallest absolute Gasteiger partial charge is 0.411 e. The highest BCUT2D eigenvalue weighted by Gasteiger charge is 2.50. The number of pyridine rings is 1. The fourth-order valence-corrected chi connectivity index (χ4v) is 6.13. The van der Waals surface area contributed by atoms with Crippen molar-refractivity contribution in [2.24, 2.45) is 0 Å². The van der Waals surface area contributed by atoms with Gasteiger partial charge in [0, 0.05) is 42.1 Å². The molecule has 1 unspecified atom stereocenters. The first-order valence-electron chi connectivity index (χ1n) is 13.9. The second-order valence-electron chi connectivity index (χ2n) is 11.9. The van der Waals surface area contributed by atoms with E-state index in [0.717, 1.165) is 29.0 Å². The van der Waals surface area contributed by atoms with E-state index in [2.05, 4.69) is 25.5 Å². The van der Waals surface area contributed by atoms with E-state index < -0.39 is 42.4 Å². The summed E-state index contributed by atoms with van der Waals surface area (Å²) in [5.41, 5.74) is -0.215. The number of thiazole rings is 1. The van der Waals surface area contributed by atoms with Crippen LogP contribution in [0.2, 0.25) is 0 Å². The highest BCUT2D eigenvalue weighted by atomic mass is 32.1. The Morgan fingerprint density at radius 2 is 1.95 bits per heavy atom. The van der Waals surface area contributed by atoms with Gasteiger partial charge in [-0.15, -0.1) is 21.5 Å². The highest BCUT2D eigenvalue weighted by Crippen LogP contribution is 2.43. The summed E-state index contributed by atoms with van der Waals surface area (Å²) in [5.74, 6) is -3.35. The van der Waals surface area contributed by atoms with Crippen LogP contribution in [-0.4, -0.2) is 67.6 Å². The minimum absolute atomic E-state index is 0.0190. The summed E-state index contributed by atoms with van der Waals surface area (Å²) in [6.07, 6.45) is 4.56. The first-order valence-corrected chi connectivity index (χ1v) is 14.7. The molecule has 1 aliphatic heterocycles. The molecule has 224 valence electrons. The number of likely N-dealkylation sites (tertiary alicyclic amines) is 1. The van der Waals surface area contributed by atoms with Gasteiger partial charge in [-0.25, -0.2) is 22.9 Å². The van der Waals surface area contributed by atoms with E-state index in [9.17, 15) is 22.8 Å². The normalized spacial score (nSPS) is 19.3. The van der Waals surface area contributed by atoms with Gasteiger partial charge in [-0.2, -0.15) is 0 Å². The van der Waals surface area contributed by atoms with Crippen molar-refractivity contribution in [3.63, 3.8) is 0 Å². The highest BCUT2D eigenvalue weighted by molar-refractivity contribution is 7.15. The molecule has 13 heteroatoms. The van der Waals surface area contributed by atoms with Crippen molar-refractivity contribution in [2.75, 3.05) is 18.4 Å². The molecule has 1 saturated carbocycles. The number of rotatable bonds is 9. The van der Waals surface area contributed by atoms with Crippen LogP contribution in [0.1, 0.15) is 63.4 Å². The molecule has 1 aliphatic carbocycles. The Bertz CT molecular complexity index is 1440. The summed E-state index contributed by atoms with van der Waals surface area (Å²) < 4.78 is 47.9. The van der Waals surface area contributed by atoms with E-state index in [0.29, 0.717) is 35.2 Å². The van der Waals surface area contributed by atoms with Crippen LogP contribution in [0.5, 0.6) is 0 Å². The Labute approximate surface area is 245 Å². The van der Waals surface area contributed by atoms with Gasteiger partial charge in [0.2, 0.25) is 0 Å². The average molecular weight is 603 g/mol. The minimum Gasteiger partial charge on any atom is -0.444 e. The standard InChI is InChI=1S/C29H33F3N6O3S/c1-27(2,3)41-26(40)38-17-29(31,32)14-21(38)22(39)9-7-18-15-34-25(42-18)20-8-10-23(37-36-20)35-16-28(11-5-12-28)24-19(30)6-4-13-33-24/h4,6,8,10,13,15,21H,5,7,9,11-12,14,16-17H2,1-3H3,(H,35,37). The molecule has 1 N–H and O–H groups in total. The Kier molecular flexibility index (Phi) is 8.23. The Morgan fingerprint density at radius 1 is 1.17 bits per heavy atom. The van der Waals surface area contributed by atoms with Crippen molar-refractivity contribution in [1.82, 2.24) is 25.1 Å². The zero-order valence-electron chi connectivity index (χ0n) is 23.7. The molecular weight excluding hydrogens is 569 g/mol. The lowest BCUT2D eigenvalue weighted by molar-refractivity contribution is -0.123. The summed E-state index contributed by atoms with van der Waals surface area (Å²) in [6.45, 7) is 4.57. The van der Waals surface area contributed by atoms with E-state index in [1.54, 1.807) is 51.4 Å². The zero-order chi connectivity index (χ0) is 30.1. The number of aryl methyl sites for hydroxylation is 1. The van der Waals surface area contributed by atoms with Crippen molar-refractivity contribution in [2.45, 2.75) is 82.3 Å². The van der Waals surface area contributed by atoms with Gasteiger partial charge in [0.25, 0.3) is 5.92 Å². The van der Waals surface area contributed by atoms with Crippen LogP contribution in [0.3, 0.4) is 0 Å². The molecule has 0 radical (unpaired) electrons. The predicted octanol–water partition coefficient (Wildman–Crippen LogP) is 5.81. The van der Waals surface area contributed by atoms with Crippen LogP contribution in [-0.2, 0) is 21.4 Å². The molecule has 3 aromatic heterocycles. The van der Waals surface area contributed by atoms with Crippen LogP contribution < -0.4 is 5.32 Å². The average Bonchev–Trinajstić information content (AvgIpc) is 3.51. The number of halogens is 3. The fourth-order valence-electron chi connectivity index (χ4n) is 5.25. The third kappa shape index (κ3) is 6.71. The summed E-state index contributed by atoms with van der Waals surface area (Å²) in [6, 6.07) is 5.33. The van der Waals surface area contributed by atoms with Crippen molar-refractivity contribution in [1.29, 1.82) is 0 Å². The molecule has 3 aromatic rings. The van der Waals surface area contributed by atoms with Crippen molar-refractivity contribution in [3.8, 4) is 10.7 Å². The van der Waals surface area contributed by atoms with Crippen LogP contribution in [0, 0.1) is 5.82 Å². The molecule has 0 spiro atoms. The Balaban J connectivity index is 1.17. The number of carbonyl (C=O) groups is 2. The number of anilines is 1. The fraction of sp³-hybridized carbons (Fsp3) is 0.517. The van der Waals surface area contributed by atoms with E-state index in [1.807, 2.05) is 0 Å². The van der Waals surface area contributed by atoms with Crippen molar-refractivity contribution >= 4 is 29.0 Å². The lowest BCUT2D eigenvalue weighted by atomic mass is 9.66. The molecule has 1 atom stereocenters. The Morgan fingerprint density at radius 3 is 2.60 bits per heavy atom. The lowest BCUT2D eigenvalue weighted by Gasteiger charge is -2.41. The number of alkyl halides is 2. The molecule has 1 amide bonds. The summed E-state index contributed by atoms with van der Waals surface area (Å²) in [5, 5.41) is 12.4.